The van der Waals surface area contributed by atoms with Crippen molar-refractivity contribution in [1.82, 2.24) is 15.3 Å². The smallest absolute Gasteiger partial charge is 0.253 e. The van der Waals surface area contributed by atoms with Crippen molar-refractivity contribution in [3.8, 4) is 5.88 Å². The normalized spacial score (nSPS) is 20.7. The van der Waals surface area contributed by atoms with Crippen molar-refractivity contribution in [2.24, 2.45) is 5.92 Å². The van der Waals surface area contributed by atoms with Gasteiger partial charge in [0.1, 0.15) is 0 Å². The first kappa shape index (κ1) is 19.3. The minimum atomic E-state index is -0.0560. The Morgan fingerprint density at radius 3 is 2.59 bits per heavy atom. The zero-order valence-electron chi connectivity index (χ0n) is 16.4. The Morgan fingerprint density at radius 1 is 1.22 bits per heavy atom. The highest BCUT2D eigenvalue weighted by atomic mass is 16.5. The van der Waals surface area contributed by atoms with Crippen LogP contribution in [0.4, 0.5) is 0 Å². The number of nitrogens with zero attached hydrogens (tertiary/aromatic N) is 2. The van der Waals surface area contributed by atoms with Gasteiger partial charge < -0.3 is 10.1 Å². The summed E-state index contributed by atoms with van der Waals surface area (Å²) in [5, 5.41) is 3.22. The Hall–Kier alpha value is -2.43. The summed E-state index contributed by atoms with van der Waals surface area (Å²) in [5.41, 5.74) is 2.88. The lowest BCUT2D eigenvalue weighted by Gasteiger charge is -2.34. The van der Waals surface area contributed by atoms with Gasteiger partial charge in [-0.1, -0.05) is 13.0 Å². The number of amides is 1. The number of pyridine rings is 2. The first-order valence-electron chi connectivity index (χ1n) is 9.85. The summed E-state index contributed by atoms with van der Waals surface area (Å²) in [6.07, 6.45) is 7.03. The Morgan fingerprint density at radius 2 is 2.00 bits per heavy atom. The molecule has 1 fully saturated rings. The fraction of sp³-hybridized carbons (Fsp3) is 0.500. The Kier molecular flexibility index (Phi) is 6.43. The van der Waals surface area contributed by atoms with E-state index >= 15 is 0 Å². The second kappa shape index (κ2) is 8.98. The van der Waals surface area contributed by atoms with E-state index in [0.717, 1.165) is 37.8 Å². The predicted molar refractivity (Wildman–Crippen MR) is 106 cm³/mol. The van der Waals surface area contributed by atoms with E-state index in [0.29, 0.717) is 23.3 Å². The lowest BCUT2D eigenvalue weighted by Crippen LogP contribution is -2.41. The van der Waals surface area contributed by atoms with Crippen LogP contribution in [-0.4, -0.2) is 29.0 Å². The molecule has 0 saturated heterocycles. The highest BCUT2D eigenvalue weighted by Gasteiger charge is 2.29. The van der Waals surface area contributed by atoms with Gasteiger partial charge in [-0.2, -0.15) is 0 Å². The van der Waals surface area contributed by atoms with E-state index < -0.39 is 0 Å². The van der Waals surface area contributed by atoms with Crippen LogP contribution < -0.4 is 10.1 Å². The quantitative estimate of drug-likeness (QED) is 0.828. The largest absolute Gasteiger partial charge is 0.481 e. The van der Waals surface area contributed by atoms with Gasteiger partial charge in [0.05, 0.1) is 12.7 Å². The molecular weight excluding hydrogens is 338 g/mol. The molecule has 1 aliphatic carbocycles. The molecule has 3 rings (SSSR count). The zero-order chi connectivity index (χ0) is 19.2. The Bertz CT molecular complexity index is 752. The molecule has 0 spiro atoms. The van der Waals surface area contributed by atoms with Crippen LogP contribution in [0.1, 0.15) is 66.7 Å². The van der Waals surface area contributed by atoms with Crippen molar-refractivity contribution in [3.05, 3.63) is 53.5 Å². The van der Waals surface area contributed by atoms with E-state index in [9.17, 15) is 4.79 Å². The second-order valence-corrected chi connectivity index (χ2v) is 7.39. The van der Waals surface area contributed by atoms with Crippen LogP contribution in [-0.2, 0) is 0 Å². The lowest BCUT2D eigenvalue weighted by atomic mass is 9.76. The monoisotopic (exact) mass is 367 g/mol. The minimum Gasteiger partial charge on any atom is -0.481 e. The Labute approximate surface area is 161 Å². The zero-order valence-corrected chi connectivity index (χ0v) is 16.4. The summed E-state index contributed by atoms with van der Waals surface area (Å²) >= 11 is 0. The molecule has 2 aromatic rings. The molecule has 0 aliphatic heterocycles. The highest BCUT2D eigenvalue weighted by Crippen LogP contribution is 2.37. The highest BCUT2D eigenvalue weighted by molar-refractivity contribution is 5.94. The molecule has 0 aromatic carbocycles. The fourth-order valence-corrected chi connectivity index (χ4v) is 4.05. The van der Waals surface area contributed by atoms with Gasteiger partial charge in [-0.25, -0.2) is 4.98 Å². The number of aryl methyl sites for hydroxylation is 1. The van der Waals surface area contributed by atoms with Crippen LogP contribution >= 0.6 is 0 Å². The summed E-state index contributed by atoms with van der Waals surface area (Å²) in [7, 11) is 1.57. The van der Waals surface area contributed by atoms with E-state index in [1.807, 2.05) is 13.0 Å². The van der Waals surface area contributed by atoms with Gasteiger partial charge in [-0.15, -0.1) is 0 Å². The Balaban J connectivity index is 1.57. The fourth-order valence-electron chi connectivity index (χ4n) is 4.05. The molecule has 0 unspecified atom stereocenters. The van der Waals surface area contributed by atoms with Gasteiger partial charge in [0.2, 0.25) is 5.88 Å². The van der Waals surface area contributed by atoms with Crippen LogP contribution in [0.3, 0.4) is 0 Å². The van der Waals surface area contributed by atoms with E-state index in [-0.39, 0.29) is 11.9 Å². The number of hydrogen-bond acceptors (Lipinski definition) is 4. The minimum absolute atomic E-state index is 0.0560. The van der Waals surface area contributed by atoms with Crippen LogP contribution in [0.2, 0.25) is 0 Å². The van der Waals surface area contributed by atoms with Gasteiger partial charge in [0.25, 0.3) is 5.91 Å². The summed E-state index contributed by atoms with van der Waals surface area (Å²) in [4.78, 5) is 21.4. The molecule has 0 radical (unpaired) electrons. The number of hydrogen-bond donors (Lipinski definition) is 1. The summed E-state index contributed by atoms with van der Waals surface area (Å²) in [5.74, 6) is 1.52. The van der Waals surface area contributed by atoms with Gasteiger partial charge in [0, 0.05) is 35.6 Å². The van der Waals surface area contributed by atoms with Crippen LogP contribution in [0, 0.1) is 12.8 Å². The molecule has 2 aromatic heterocycles. The van der Waals surface area contributed by atoms with Crippen LogP contribution in [0.5, 0.6) is 5.88 Å². The third-order valence-corrected chi connectivity index (χ3v) is 5.63. The van der Waals surface area contributed by atoms with Crippen LogP contribution in [0.15, 0.2) is 36.5 Å². The topological polar surface area (TPSA) is 64.1 Å². The number of carbonyl (C=O) groups is 1. The molecule has 5 nitrogen and oxygen atoms in total. The molecule has 2 heterocycles. The molecule has 0 bridgehead atoms. The molecule has 1 atom stereocenters. The van der Waals surface area contributed by atoms with Crippen molar-refractivity contribution in [1.29, 1.82) is 0 Å². The number of carbonyl (C=O) groups excluding carboxylic acids is 1. The number of ether oxygens (including phenoxy) is 1. The standard InChI is InChI=1S/C22H29N3O2/c1-4-19(25-22(26)18-12-13-21(27-3)23-14-18)16-8-10-17(11-9-16)20-7-5-6-15(2)24-20/h5-7,12-14,16-17,19H,4,8-11H2,1-3H3,(H,25,26)/t16?,17?,19-/m0/s1. The maximum Gasteiger partial charge on any atom is 0.253 e. The van der Waals surface area contributed by atoms with E-state index in [1.165, 1.54) is 5.69 Å². The molecular formula is C22H29N3O2. The van der Waals surface area contributed by atoms with Gasteiger partial charge in [-0.3, -0.25) is 9.78 Å². The van der Waals surface area contributed by atoms with Crippen molar-refractivity contribution in [2.45, 2.75) is 57.9 Å². The number of rotatable bonds is 6. The van der Waals surface area contributed by atoms with E-state index in [1.54, 1.807) is 25.4 Å². The summed E-state index contributed by atoms with van der Waals surface area (Å²) < 4.78 is 5.05. The number of methoxy groups -OCH3 is 1. The third kappa shape index (κ3) is 4.85. The van der Waals surface area contributed by atoms with Gasteiger partial charge in [-0.05, 0) is 63.1 Å². The molecule has 144 valence electrons. The predicted octanol–water partition coefficient (Wildman–Crippen LogP) is 4.28. The molecule has 1 aliphatic rings. The third-order valence-electron chi connectivity index (χ3n) is 5.63. The van der Waals surface area contributed by atoms with Crippen molar-refractivity contribution >= 4 is 5.91 Å². The molecule has 1 amide bonds. The molecule has 27 heavy (non-hydrogen) atoms. The van der Waals surface area contributed by atoms with Crippen LogP contribution in [0.25, 0.3) is 0 Å². The first-order chi connectivity index (χ1) is 13.1. The van der Waals surface area contributed by atoms with E-state index in [4.69, 9.17) is 9.72 Å². The van der Waals surface area contributed by atoms with Gasteiger partial charge >= 0.3 is 0 Å². The maximum absolute atomic E-state index is 12.6. The van der Waals surface area contributed by atoms with Crippen molar-refractivity contribution in [2.75, 3.05) is 7.11 Å². The average molecular weight is 367 g/mol. The van der Waals surface area contributed by atoms with E-state index in [2.05, 4.69) is 29.4 Å². The number of nitrogens with one attached hydrogen (secondary N) is 1. The lowest BCUT2D eigenvalue weighted by molar-refractivity contribution is 0.0908. The summed E-state index contributed by atoms with van der Waals surface area (Å²) in [6, 6.07) is 9.97. The maximum atomic E-state index is 12.6. The second-order valence-electron chi connectivity index (χ2n) is 7.39. The average Bonchev–Trinajstić information content (AvgIpc) is 2.72. The first-order valence-corrected chi connectivity index (χ1v) is 9.85. The number of aromatic nitrogens is 2. The molecule has 5 heteroatoms. The SMILES string of the molecule is CC[C@H](NC(=O)c1ccc(OC)nc1)C1CCC(c2cccc(C)n2)CC1. The van der Waals surface area contributed by atoms with Gasteiger partial charge in [0.15, 0.2) is 0 Å². The molecule has 1 N–H and O–H groups in total. The molecule has 1 saturated carbocycles. The van der Waals surface area contributed by atoms with Crippen molar-refractivity contribution in [3.63, 3.8) is 0 Å². The van der Waals surface area contributed by atoms with Crippen molar-refractivity contribution < 1.29 is 9.53 Å². The summed E-state index contributed by atoms with van der Waals surface area (Å²) in [6.45, 7) is 4.19.